The van der Waals surface area contributed by atoms with Gasteiger partial charge in [-0.3, -0.25) is 4.79 Å². The first-order chi connectivity index (χ1) is 11.6. The summed E-state index contributed by atoms with van der Waals surface area (Å²) in [6.45, 7) is 2.88. The summed E-state index contributed by atoms with van der Waals surface area (Å²) in [5, 5.41) is 8.82. The number of hydrogen-bond acceptors (Lipinski definition) is 4. The van der Waals surface area contributed by atoms with Crippen LogP contribution in [0, 0.1) is 11.3 Å². The first-order valence-electron chi connectivity index (χ1n) is 7.64. The summed E-state index contributed by atoms with van der Waals surface area (Å²) in [6, 6.07) is 14.4. The van der Waals surface area contributed by atoms with E-state index in [1.54, 1.807) is 49.4 Å². The normalized spacial score (nSPS) is 9.92. The van der Waals surface area contributed by atoms with Crippen LogP contribution in [0.1, 0.15) is 28.4 Å². The van der Waals surface area contributed by atoms with Crippen molar-refractivity contribution in [2.75, 3.05) is 20.8 Å². The van der Waals surface area contributed by atoms with Gasteiger partial charge in [-0.1, -0.05) is 12.1 Å². The van der Waals surface area contributed by atoms with Gasteiger partial charge in [-0.2, -0.15) is 5.26 Å². The number of carbonyl (C=O) groups excluding carboxylic acids is 1. The zero-order valence-electron chi connectivity index (χ0n) is 14.1. The number of nitriles is 1. The number of amides is 1. The molecule has 0 bridgehead atoms. The van der Waals surface area contributed by atoms with E-state index >= 15 is 0 Å². The highest BCUT2D eigenvalue weighted by Crippen LogP contribution is 2.28. The van der Waals surface area contributed by atoms with Crippen LogP contribution >= 0.6 is 0 Å². The van der Waals surface area contributed by atoms with E-state index in [4.69, 9.17) is 14.7 Å². The van der Waals surface area contributed by atoms with E-state index in [-0.39, 0.29) is 5.91 Å². The maximum Gasteiger partial charge on any atom is 0.254 e. The quantitative estimate of drug-likeness (QED) is 0.818. The maximum absolute atomic E-state index is 12.6. The van der Waals surface area contributed by atoms with Crippen LogP contribution in [0.25, 0.3) is 0 Å². The van der Waals surface area contributed by atoms with Crippen molar-refractivity contribution in [2.24, 2.45) is 0 Å². The second-order valence-corrected chi connectivity index (χ2v) is 5.27. The third kappa shape index (κ3) is 4.05. The molecule has 0 unspecified atom stereocenters. The summed E-state index contributed by atoms with van der Waals surface area (Å²) in [5.74, 6) is 1.04. The lowest BCUT2D eigenvalue weighted by molar-refractivity contribution is 0.0784. The minimum absolute atomic E-state index is 0.110. The summed E-state index contributed by atoms with van der Waals surface area (Å²) in [5.41, 5.74) is 2.10. The molecule has 24 heavy (non-hydrogen) atoms. The minimum Gasteiger partial charge on any atom is -0.493 e. The summed E-state index contributed by atoms with van der Waals surface area (Å²) in [4.78, 5) is 14.2. The number of benzene rings is 2. The molecule has 0 fully saturated rings. The molecule has 0 aromatic heterocycles. The molecule has 5 heteroatoms. The lowest BCUT2D eigenvalue weighted by atomic mass is 10.1. The number of nitrogens with zero attached hydrogens (tertiary/aromatic N) is 2. The zero-order valence-corrected chi connectivity index (χ0v) is 14.1. The second-order valence-electron chi connectivity index (χ2n) is 5.27. The average Bonchev–Trinajstić information content (AvgIpc) is 2.62. The number of ether oxygens (including phenoxy) is 2. The Hall–Kier alpha value is -3.00. The topological polar surface area (TPSA) is 62.6 Å². The first kappa shape index (κ1) is 17.4. The van der Waals surface area contributed by atoms with Gasteiger partial charge in [-0.05, 0) is 42.8 Å². The maximum atomic E-state index is 12.6. The fourth-order valence-corrected chi connectivity index (χ4v) is 2.33. The van der Waals surface area contributed by atoms with E-state index in [9.17, 15) is 4.79 Å². The minimum atomic E-state index is -0.110. The number of hydrogen-bond donors (Lipinski definition) is 0. The molecule has 124 valence electrons. The van der Waals surface area contributed by atoms with Crippen molar-refractivity contribution < 1.29 is 14.3 Å². The predicted molar refractivity (Wildman–Crippen MR) is 91.1 cm³/mol. The molecule has 2 aromatic rings. The Morgan fingerprint density at radius 3 is 2.46 bits per heavy atom. The first-order valence-corrected chi connectivity index (χ1v) is 7.64. The fraction of sp³-hybridized carbons (Fsp3) is 0.263. The van der Waals surface area contributed by atoms with Gasteiger partial charge in [0.15, 0.2) is 11.5 Å². The van der Waals surface area contributed by atoms with Crippen LogP contribution in [0.3, 0.4) is 0 Å². The highest BCUT2D eigenvalue weighted by molar-refractivity contribution is 5.94. The molecule has 0 radical (unpaired) electrons. The highest BCUT2D eigenvalue weighted by atomic mass is 16.5. The van der Waals surface area contributed by atoms with Crippen molar-refractivity contribution in [2.45, 2.75) is 13.5 Å². The van der Waals surface area contributed by atoms with Gasteiger partial charge in [0.25, 0.3) is 5.91 Å². The van der Waals surface area contributed by atoms with E-state index < -0.39 is 0 Å². The molecule has 0 atom stereocenters. The molecule has 0 aliphatic rings. The Morgan fingerprint density at radius 1 is 1.17 bits per heavy atom. The van der Waals surface area contributed by atoms with Crippen molar-refractivity contribution in [3.05, 3.63) is 59.2 Å². The van der Waals surface area contributed by atoms with Crippen molar-refractivity contribution in [3.8, 4) is 17.6 Å². The number of rotatable bonds is 6. The Bertz CT molecular complexity index is 748. The highest BCUT2D eigenvalue weighted by Gasteiger charge is 2.15. The van der Waals surface area contributed by atoms with Gasteiger partial charge >= 0.3 is 0 Å². The van der Waals surface area contributed by atoms with Crippen LogP contribution in [0.15, 0.2) is 42.5 Å². The van der Waals surface area contributed by atoms with E-state index in [0.717, 1.165) is 5.56 Å². The van der Waals surface area contributed by atoms with E-state index in [1.807, 2.05) is 19.1 Å². The molecule has 0 heterocycles. The van der Waals surface area contributed by atoms with Crippen molar-refractivity contribution in [1.29, 1.82) is 5.26 Å². The molecule has 2 rings (SSSR count). The lowest BCUT2D eigenvalue weighted by Crippen LogP contribution is -2.26. The molecule has 0 saturated heterocycles. The average molecular weight is 324 g/mol. The largest absolute Gasteiger partial charge is 0.493 e. The lowest BCUT2D eigenvalue weighted by Gasteiger charge is -2.18. The third-order valence-electron chi connectivity index (χ3n) is 3.56. The smallest absolute Gasteiger partial charge is 0.254 e. The second kappa shape index (κ2) is 8.02. The zero-order chi connectivity index (χ0) is 17.5. The van der Waals surface area contributed by atoms with Gasteiger partial charge in [0.2, 0.25) is 0 Å². The molecule has 0 saturated carbocycles. The Kier molecular flexibility index (Phi) is 5.80. The number of methoxy groups -OCH3 is 1. The van der Waals surface area contributed by atoms with Gasteiger partial charge in [0, 0.05) is 19.2 Å². The van der Waals surface area contributed by atoms with E-state index in [0.29, 0.717) is 35.8 Å². The molecular weight excluding hydrogens is 304 g/mol. The fourth-order valence-electron chi connectivity index (χ4n) is 2.33. The standard InChI is InChI=1S/C19H20N2O3/c1-4-24-17-10-9-16(11-18(17)23-3)19(22)21(2)13-15-7-5-14(12-20)6-8-15/h5-11H,4,13H2,1-3H3. The molecule has 2 aromatic carbocycles. The van der Waals surface area contributed by atoms with E-state index in [1.165, 1.54) is 0 Å². The monoisotopic (exact) mass is 324 g/mol. The van der Waals surface area contributed by atoms with Gasteiger partial charge in [-0.25, -0.2) is 0 Å². The summed E-state index contributed by atoms with van der Waals surface area (Å²) in [6.07, 6.45) is 0. The SMILES string of the molecule is CCOc1ccc(C(=O)N(C)Cc2ccc(C#N)cc2)cc1OC. The summed E-state index contributed by atoms with van der Waals surface area (Å²) < 4.78 is 10.8. The van der Waals surface area contributed by atoms with E-state index in [2.05, 4.69) is 6.07 Å². The van der Waals surface area contributed by atoms with Gasteiger partial charge in [0.05, 0.1) is 25.3 Å². The van der Waals surface area contributed by atoms with Crippen LogP contribution in [0.2, 0.25) is 0 Å². The molecule has 1 amide bonds. The van der Waals surface area contributed by atoms with Crippen LogP contribution in [-0.4, -0.2) is 31.6 Å². The number of carbonyl (C=O) groups is 1. The van der Waals surface area contributed by atoms with Gasteiger partial charge < -0.3 is 14.4 Å². The van der Waals surface area contributed by atoms with Crippen LogP contribution < -0.4 is 9.47 Å². The summed E-state index contributed by atoms with van der Waals surface area (Å²) >= 11 is 0. The van der Waals surface area contributed by atoms with Crippen molar-refractivity contribution in [3.63, 3.8) is 0 Å². The Morgan fingerprint density at radius 2 is 1.88 bits per heavy atom. The van der Waals surface area contributed by atoms with Crippen LogP contribution in [-0.2, 0) is 6.54 Å². The molecular formula is C19H20N2O3. The molecule has 0 aliphatic heterocycles. The molecule has 5 nitrogen and oxygen atoms in total. The van der Waals surface area contributed by atoms with Gasteiger partial charge in [-0.15, -0.1) is 0 Å². The summed E-state index contributed by atoms with van der Waals surface area (Å²) in [7, 11) is 3.29. The van der Waals surface area contributed by atoms with Crippen molar-refractivity contribution >= 4 is 5.91 Å². The van der Waals surface area contributed by atoms with Crippen molar-refractivity contribution in [1.82, 2.24) is 4.90 Å². The van der Waals surface area contributed by atoms with Crippen LogP contribution in [0.4, 0.5) is 0 Å². The molecule has 0 spiro atoms. The van der Waals surface area contributed by atoms with Gasteiger partial charge in [0.1, 0.15) is 0 Å². The Balaban J connectivity index is 2.13. The van der Waals surface area contributed by atoms with Crippen LogP contribution in [0.5, 0.6) is 11.5 Å². The Labute approximate surface area is 142 Å². The third-order valence-corrected chi connectivity index (χ3v) is 3.56. The predicted octanol–water partition coefficient (Wildman–Crippen LogP) is 3.24. The molecule has 0 N–H and O–H groups in total. The molecule has 0 aliphatic carbocycles.